The highest BCUT2D eigenvalue weighted by molar-refractivity contribution is 7.89. The number of rotatable bonds is 7. The second-order valence-corrected chi connectivity index (χ2v) is 5.11. The minimum Gasteiger partial charge on any atom is -0.468 e. The first kappa shape index (κ1) is 15.9. The number of carbonyl (C=O) groups excluding carboxylic acids is 2. The third-order valence-corrected chi connectivity index (χ3v) is 3.25. The normalized spacial score (nSPS) is 12.9. The number of esters is 2. The zero-order valence-corrected chi connectivity index (χ0v) is 10.9. The maximum Gasteiger partial charge on any atom is 0.323 e. The summed E-state index contributed by atoms with van der Waals surface area (Å²) in [4.78, 5) is 21.9. The average molecular weight is 267 g/mol. The Kier molecular flexibility index (Phi) is 6.74. The molecule has 0 saturated carbocycles. The van der Waals surface area contributed by atoms with Gasteiger partial charge in [0.1, 0.15) is 6.04 Å². The first-order valence-corrected chi connectivity index (χ1v) is 6.71. The van der Waals surface area contributed by atoms with E-state index >= 15 is 0 Å². The van der Waals surface area contributed by atoms with Crippen molar-refractivity contribution in [1.82, 2.24) is 4.72 Å². The predicted molar refractivity (Wildman–Crippen MR) is 59.7 cm³/mol. The number of ether oxygens (including phenoxy) is 2. The van der Waals surface area contributed by atoms with E-state index in [0.717, 1.165) is 7.11 Å². The summed E-state index contributed by atoms with van der Waals surface area (Å²) in [5.41, 5.74) is 0. The Morgan fingerprint density at radius 3 is 2.41 bits per heavy atom. The van der Waals surface area contributed by atoms with E-state index in [0.29, 0.717) is 0 Å². The quantitative estimate of drug-likeness (QED) is 0.620. The van der Waals surface area contributed by atoms with Crippen LogP contribution in [0.2, 0.25) is 0 Å². The molecule has 1 N–H and O–H groups in total. The van der Waals surface area contributed by atoms with Crippen molar-refractivity contribution in [2.75, 3.05) is 19.5 Å². The van der Waals surface area contributed by atoms with E-state index in [2.05, 4.69) is 14.2 Å². The summed E-state index contributed by atoms with van der Waals surface area (Å²) in [5.74, 6) is -1.71. The molecular weight excluding hydrogens is 250 g/mol. The largest absolute Gasteiger partial charge is 0.468 e. The topological polar surface area (TPSA) is 98.8 Å². The first-order valence-electron chi connectivity index (χ1n) is 5.05. The molecule has 0 amide bonds. The van der Waals surface area contributed by atoms with Crippen LogP contribution in [0.25, 0.3) is 0 Å². The molecule has 0 fully saturated rings. The molecular formula is C9H17NO6S. The molecule has 7 nitrogen and oxygen atoms in total. The Hall–Kier alpha value is -1.15. The molecule has 0 aromatic heterocycles. The summed E-state index contributed by atoms with van der Waals surface area (Å²) in [5, 5.41) is 0. The van der Waals surface area contributed by atoms with Gasteiger partial charge in [0, 0.05) is 0 Å². The summed E-state index contributed by atoms with van der Waals surface area (Å²) < 4.78 is 33.9. The minimum atomic E-state index is -3.70. The highest BCUT2D eigenvalue weighted by atomic mass is 32.2. The molecule has 1 unspecified atom stereocenters. The van der Waals surface area contributed by atoms with Crippen LogP contribution in [0.4, 0.5) is 0 Å². The summed E-state index contributed by atoms with van der Waals surface area (Å²) in [6.07, 6.45) is -0.253. The Labute approximate surface area is 101 Å². The van der Waals surface area contributed by atoms with E-state index in [1.165, 1.54) is 6.92 Å². The number of hydrogen-bond donors (Lipinski definition) is 1. The van der Waals surface area contributed by atoms with Gasteiger partial charge in [0.05, 0.1) is 25.9 Å². The number of methoxy groups -OCH3 is 1. The van der Waals surface area contributed by atoms with Gasteiger partial charge >= 0.3 is 11.9 Å². The Morgan fingerprint density at radius 2 is 1.94 bits per heavy atom. The van der Waals surface area contributed by atoms with Crippen LogP contribution in [0.3, 0.4) is 0 Å². The summed E-state index contributed by atoms with van der Waals surface area (Å²) in [6.45, 7) is 3.18. The molecule has 0 aromatic rings. The SMILES string of the molecule is CCOC(=O)CCS(=O)(=O)NC(C)C(=O)OC. The Bertz CT molecular complexity index is 364. The summed E-state index contributed by atoms with van der Waals surface area (Å²) in [7, 11) is -2.54. The van der Waals surface area contributed by atoms with Gasteiger partial charge in [-0.15, -0.1) is 0 Å². The fraction of sp³-hybridized carbons (Fsp3) is 0.778. The third-order valence-electron chi connectivity index (χ3n) is 1.79. The van der Waals surface area contributed by atoms with Crippen LogP contribution in [0, 0.1) is 0 Å². The molecule has 100 valence electrons. The first-order chi connectivity index (χ1) is 7.82. The number of carbonyl (C=O) groups is 2. The van der Waals surface area contributed by atoms with Crippen molar-refractivity contribution in [1.29, 1.82) is 0 Å². The molecule has 0 bridgehead atoms. The van der Waals surface area contributed by atoms with Crippen LogP contribution in [0.1, 0.15) is 20.3 Å². The van der Waals surface area contributed by atoms with Gasteiger partial charge in [0.2, 0.25) is 10.0 Å². The van der Waals surface area contributed by atoms with Gasteiger partial charge in [-0.1, -0.05) is 0 Å². The zero-order chi connectivity index (χ0) is 13.5. The van der Waals surface area contributed by atoms with Gasteiger partial charge in [-0.25, -0.2) is 13.1 Å². The van der Waals surface area contributed by atoms with Gasteiger partial charge in [0.25, 0.3) is 0 Å². The van der Waals surface area contributed by atoms with E-state index in [1.54, 1.807) is 6.92 Å². The minimum absolute atomic E-state index is 0.199. The van der Waals surface area contributed by atoms with E-state index in [-0.39, 0.29) is 13.0 Å². The summed E-state index contributed by atoms with van der Waals surface area (Å²) in [6, 6.07) is -0.979. The highest BCUT2D eigenvalue weighted by Crippen LogP contribution is 1.96. The Morgan fingerprint density at radius 1 is 1.35 bits per heavy atom. The predicted octanol–water partition coefficient (Wildman–Crippen LogP) is -0.579. The van der Waals surface area contributed by atoms with Crippen LogP contribution in [-0.4, -0.2) is 45.9 Å². The van der Waals surface area contributed by atoms with Crippen LogP contribution in [-0.2, 0) is 29.1 Å². The fourth-order valence-electron chi connectivity index (χ4n) is 1.00. The highest BCUT2D eigenvalue weighted by Gasteiger charge is 2.21. The monoisotopic (exact) mass is 267 g/mol. The maximum absolute atomic E-state index is 11.4. The van der Waals surface area contributed by atoms with Crippen LogP contribution in [0.15, 0.2) is 0 Å². The van der Waals surface area contributed by atoms with Crippen molar-refractivity contribution in [3.63, 3.8) is 0 Å². The molecule has 0 rings (SSSR count). The lowest BCUT2D eigenvalue weighted by molar-refractivity contribution is -0.143. The van der Waals surface area contributed by atoms with Crippen molar-refractivity contribution < 1.29 is 27.5 Å². The second kappa shape index (κ2) is 7.23. The lowest BCUT2D eigenvalue weighted by Gasteiger charge is -2.11. The van der Waals surface area contributed by atoms with E-state index in [9.17, 15) is 18.0 Å². The van der Waals surface area contributed by atoms with Gasteiger partial charge in [-0.3, -0.25) is 9.59 Å². The third kappa shape index (κ3) is 6.90. The molecule has 0 radical (unpaired) electrons. The van der Waals surface area contributed by atoms with Gasteiger partial charge < -0.3 is 9.47 Å². The molecule has 0 spiro atoms. The number of hydrogen-bond acceptors (Lipinski definition) is 6. The molecule has 1 atom stereocenters. The van der Waals surface area contributed by atoms with Crippen LogP contribution < -0.4 is 4.72 Å². The average Bonchev–Trinajstić information content (AvgIpc) is 2.25. The number of sulfonamides is 1. The lowest BCUT2D eigenvalue weighted by Crippen LogP contribution is -2.40. The van der Waals surface area contributed by atoms with Gasteiger partial charge in [-0.05, 0) is 13.8 Å². The van der Waals surface area contributed by atoms with E-state index in [1.807, 2.05) is 0 Å². The molecule has 0 aromatic carbocycles. The van der Waals surface area contributed by atoms with Gasteiger partial charge in [0.15, 0.2) is 0 Å². The summed E-state index contributed by atoms with van der Waals surface area (Å²) >= 11 is 0. The van der Waals surface area contributed by atoms with Gasteiger partial charge in [-0.2, -0.15) is 0 Å². The van der Waals surface area contributed by atoms with Crippen LogP contribution in [0.5, 0.6) is 0 Å². The maximum atomic E-state index is 11.4. The molecule has 0 aliphatic carbocycles. The van der Waals surface area contributed by atoms with Crippen LogP contribution >= 0.6 is 0 Å². The molecule has 17 heavy (non-hydrogen) atoms. The second-order valence-electron chi connectivity index (χ2n) is 3.24. The van der Waals surface area contributed by atoms with Crippen molar-refractivity contribution in [2.24, 2.45) is 0 Å². The molecule has 0 aliphatic rings. The van der Waals surface area contributed by atoms with Crippen molar-refractivity contribution in [3.05, 3.63) is 0 Å². The van der Waals surface area contributed by atoms with E-state index < -0.39 is 33.8 Å². The molecule has 0 aliphatic heterocycles. The molecule has 0 saturated heterocycles. The fourth-order valence-corrected chi connectivity index (χ4v) is 2.19. The van der Waals surface area contributed by atoms with Crippen molar-refractivity contribution >= 4 is 22.0 Å². The molecule has 0 heterocycles. The van der Waals surface area contributed by atoms with Crippen molar-refractivity contribution in [2.45, 2.75) is 26.3 Å². The standard InChI is InChI=1S/C9H17NO6S/c1-4-16-8(11)5-6-17(13,14)10-7(2)9(12)15-3/h7,10H,4-6H2,1-3H3. The number of nitrogens with one attached hydrogen (secondary N) is 1. The van der Waals surface area contributed by atoms with Crippen molar-refractivity contribution in [3.8, 4) is 0 Å². The Balaban J connectivity index is 4.21. The smallest absolute Gasteiger partial charge is 0.323 e. The lowest BCUT2D eigenvalue weighted by atomic mass is 10.4. The zero-order valence-electron chi connectivity index (χ0n) is 10.1. The molecule has 8 heteroatoms. The van der Waals surface area contributed by atoms with E-state index in [4.69, 9.17) is 0 Å².